The third-order valence-electron chi connectivity index (χ3n) is 4.50. The summed E-state index contributed by atoms with van der Waals surface area (Å²) in [5, 5.41) is 5.95. The van der Waals surface area contributed by atoms with Crippen LogP contribution in [0.25, 0.3) is 0 Å². The third-order valence-corrected chi connectivity index (χ3v) is 4.50. The van der Waals surface area contributed by atoms with Crippen molar-refractivity contribution in [1.29, 1.82) is 0 Å². The molecule has 0 spiro atoms. The predicted molar refractivity (Wildman–Crippen MR) is 111 cm³/mol. The van der Waals surface area contributed by atoms with Crippen molar-refractivity contribution in [2.75, 3.05) is 30.3 Å². The minimum atomic E-state index is -0.169. The lowest BCUT2D eigenvalue weighted by atomic mass is 10.2. The fraction of sp³-hybridized carbons (Fsp3) is 0.364. The van der Waals surface area contributed by atoms with Crippen molar-refractivity contribution >= 4 is 23.2 Å². The SMILES string of the molecule is CC(C)Oc1ccccc1NCC(=O)Nc1ccc(C(=O)N2CCCC2)cc1. The van der Waals surface area contributed by atoms with Gasteiger partial charge >= 0.3 is 0 Å². The maximum atomic E-state index is 12.4. The Morgan fingerprint density at radius 1 is 1.04 bits per heavy atom. The van der Waals surface area contributed by atoms with Gasteiger partial charge in [-0.3, -0.25) is 9.59 Å². The van der Waals surface area contributed by atoms with E-state index in [1.807, 2.05) is 43.0 Å². The van der Waals surface area contributed by atoms with Crippen LogP contribution < -0.4 is 15.4 Å². The van der Waals surface area contributed by atoms with Gasteiger partial charge in [-0.05, 0) is 63.1 Å². The number of hydrogen-bond acceptors (Lipinski definition) is 4. The Balaban J connectivity index is 1.53. The Labute approximate surface area is 165 Å². The molecular weight excluding hydrogens is 354 g/mol. The zero-order valence-electron chi connectivity index (χ0n) is 16.4. The van der Waals surface area contributed by atoms with Gasteiger partial charge in [0.25, 0.3) is 5.91 Å². The Morgan fingerprint density at radius 3 is 2.39 bits per heavy atom. The first kappa shape index (κ1) is 19.7. The second kappa shape index (κ2) is 9.26. The Morgan fingerprint density at radius 2 is 1.71 bits per heavy atom. The van der Waals surface area contributed by atoms with Gasteiger partial charge in [0.05, 0.1) is 18.3 Å². The van der Waals surface area contributed by atoms with E-state index in [0.29, 0.717) is 11.3 Å². The number of carbonyl (C=O) groups excluding carboxylic acids is 2. The molecule has 2 aromatic carbocycles. The van der Waals surface area contributed by atoms with Gasteiger partial charge < -0.3 is 20.3 Å². The van der Waals surface area contributed by atoms with E-state index in [1.54, 1.807) is 24.3 Å². The van der Waals surface area contributed by atoms with Crippen molar-refractivity contribution in [3.8, 4) is 5.75 Å². The van der Waals surface area contributed by atoms with Crippen molar-refractivity contribution in [2.24, 2.45) is 0 Å². The summed E-state index contributed by atoms with van der Waals surface area (Å²) in [6, 6.07) is 14.6. The molecule has 6 nitrogen and oxygen atoms in total. The molecule has 0 atom stereocenters. The van der Waals surface area contributed by atoms with Gasteiger partial charge in [-0.1, -0.05) is 12.1 Å². The summed E-state index contributed by atoms with van der Waals surface area (Å²) in [4.78, 5) is 26.5. The van der Waals surface area contributed by atoms with Crippen LogP contribution in [0.4, 0.5) is 11.4 Å². The topological polar surface area (TPSA) is 70.7 Å². The number of likely N-dealkylation sites (tertiary alicyclic amines) is 1. The molecule has 0 aliphatic carbocycles. The molecule has 1 fully saturated rings. The lowest BCUT2D eigenvalue weighted by Crippen LogP contribution is -2.27. The molecule has 28 heavy (non-hydrogen) atoms. The van der Waals surface area contributed by atoms with Crippen molar-refractivity contribution in [2.45, 2.75) is 32.8 Å². The summed E-state index contributed by atoms with van der Waals surface area (Å²) in [6.45, 7) is 5.69. The van der Waals surface area contributed by atoms with Gasteiger partial charge in [0.15, 0.2) is 0 Å². The standard InChI is InChI=1S/C22H27N3O3/c1-16(2)28-20-8-4-3-7-19(20)23-15-21(26)24-18-11-9-17(10-12-18)22(27)25-13-5-6-14-25/h3-4,7-12,16,23H,5-6,13-15H2,1-2H3,(H,24,26). The fourth-order valence-corrected chi connectivity index (χ4v) is 3.15. The number of para-hydroxylation sites is 2. The Kier molecular flexibility index (Phi) is 6.53. The molecule has 1 aliphatic rings. The lowest BCUT2D eigenvalue weighted by molar-refractivity contribution is -0.114. The average Bonchev–Trinajstić information content (AvgIpc) is 3.22. The normalized spacial score (nSPS) is 13.5. The number of amides is 2. The highest BCUT2D eigenvalue weighted by Gasteiger charge is 2.19. The summed E-state index contributed by atoms with van der Waals surface area (Å²) in [5.41, 5.74) is 2.09. The van der Waals surface area contributed by atoms with E-state index in [4.69, 9.17) is 4.74 Å². The van der Waals surface area contributed by atoms with Crippen molar-refractivity contribution in [3.63, 3.8) is 0 Å². The van der Waals surface area contributed by atoms with Gasteiger partial charge in [0.2, 0.25) is 5.91 Å². The predicted octanol–water partition coefficient (Wildman–Crippen LogP) is 3.76. The molecule has 2 N–H and O–H groups in total. The molecule has 1 heterocycles. The van der Waals surface area contributed by atoms with Crippen LogP contribution in [-0.2, 0) is 4.79 Å². The molecule has 0 unspecified atom stereocenters. The minimum absolute atomic E-state index is 0.0542. The number of nitrogens with one attached hydrogen (secondary N) is 2. The average molecular weight is 381 g/mol. The first-order valence-electron chi connectivity index (χ1n) is 9.71. The number of rotatable bonds is 7. The van der Waals surface area contributed by atoms with Crippen LogP contribution >= 0.6 is 0 Å². The lowest BCUT2D eigenvalue weighted by Gasteiger charge is -2.16. The summed E-state index contributed by atoms with van der Waals surface area (Å²) >= 11 is 0. The molecule has 6 heteroatoms. The summed E-state index contributed by atoms with van der Waals surface area (Å²) in [7, 11) is 0. The second-order valence-corrected chi connectivity index (χ2v) is 7.14. The van der Waals surface area contributed by atoms with Crippen molar-refractivity contribution in [3.05, 3.63) is 54.1 Å². The quantitative estimate of drug-likeness (QED) is 0.766. The van der Waals surface area contributed by atoms with E-state index in [1.165, 1.54) is 0 Å². The van der Waals surface area contributed by atoms with E-state index in [0.717, 1.165) is 37.4 Å². The number of nitrogens with zero attached hydrogens (tertiary/aromatic N) is 1. The number of hydrogen-bond donors (Lipinski definition) is 2. The van der Waals surface area contributed by atoms with E-state index >= 15 is 0 Å². The molecule has 0 bridgehead atoms. The Bertz CT molecular complexity index is 812. The monoisotopic (exact) mass is 381 g/mol. The van der Waals surface area contributed by atoms with Crippen LogP contribution in [0.15, 0.2) is 48.5 Å². The summed E-state index contributed by atoms with van der Waals surface area (Å²) < 4.78 is 5.74. The summed E-state index contributed by atoms with van der Waals surface area (Å²) in [5.74, 6) is 0.604. The minimum Gasteiger partial charge on any atom is -0.489 e. The van der Waals surface area contributed by atoms with Crippen LogP contribution in [-0.4, -0.2) is 42.5 Å². The highest BCUT2D eigenvalue weighted by molar-refractivity contribution is 5.96. The van der Waals surface area contributed by atoms with E-state index < -0.39 is 0 Å². The van der Waals surface area contributed by atoms with E-state index in [-0.39, 0.29) is 24.5 Å². The van der Waals surface area contributed by atoms with Crippen LogP contribution in [0, 0.1) is 0 Å². The molecule has 1 saturated heterocycles. The molecule has 0 radical (unpaired) electrons. The van der Waals surface area contributed by atoms with E-state index in [2.05, 4.69) is 10.6 Å². The first-order chi connectivity index (χ1) is 13.5. The van der Waals surface area contributed by atoms with E-state index in [9.17, 15) is 9.59 Å². The Hall–Kier alpha value is -3.02. The van der Waals surface area contributed by atoms with Crippen LogP contribution in [0.5, 0.6) is 5.75 Å². The van der Waals surface area contributed by atoms with Gasteiger partial charge in [0, 0.05) is 24.3 Å². The molecule has 0 saturated carbocycles. The first-order valence-corrected chi connectivity index (χ1v) is 9.71. The molecule has 0 aromatic heterocycles. The number of carbonyl (C=O) groups is 2. The zero-order valence-corrected chi connectivity index (χ0v) is 16.4. The smallest absolute Gasteiger partial charge is 0.253 e. The number of benzene rings is 2. The maximum absolute atomic E-state index is 12.4. The van der Waals surface area contributed by atoms with Gasteiger partial charge in [0.1, 0.15) is 5.75 Å². The zero-order chi connectivity index (χ0) is 19.9. The second-order valence-electron chi connectivity index (χ2n) is 7.14. The molecular formula is C22H27N3O3. The van der Waals surface area contributed by atoms with Crippen molar-refractivity contribution in [1.82, 2.24) is 4.90 Å². The highest BCUT2D eigenvalue weighted by atomic mass is 16.5. The highest BCUT2D eigenvalue weighted by Crippen LogP contribution is 2.24. The molecule has 2 amide bonds. The molecule has 148 valence electrons. The molecule has 2 aromatic rings. The maximum Gasteiger partial charge on any atom is 0.253 e. The molecule has 3 rings (SSSR count). The van der Waals surface area contributed by atoms with Gasteiger partial charge in [-0.2, -0.15) is 0 Å². The van der Waals surface area contributed by atoms with Crippen LogP contribution in [0.1, 0.15) is 37.0 Å². The van der Waals surface area contributed by atoms with Crippen LogP contribution in [0.2, 0.25) is 0 Å². The summed E-state index contributed by atoms with van der Waals surface area (Å²) in [6.07, 6.45) is 2.19. The van der Waals surface area contributed by atoms with Crippen molar-refractivity contribution < 1.29 is 14.3 Å². The van der Waals surface area contributed by atoms with Crippen LogP contribution in [0.3, 0.4) is 0 Å². The largest absolute Gasteiger partial charge is 0.489 e. The third kappa shape index (κ3) is 5.25. The molecule has 1 aliphatic heterocycles. The van der Waals surface area contributed by atoms with Gasteiger partial charge in [-0.15, -0.1) is 0 Å². The number of anilines is 2. The fourth-order valence-electron chi connectivity index (χ4n) is 3.15. The number of ether oxygens (including phenoxy) is 1. The van der Waals surface area contributed by atoms with Gasteiger partial charge in [-0.25, -0.2) is 0 Å².